The van der Waals surface area contributed by atoms with Crippen LogP contribution in [0.25, 0.3) is 0 Å². The van der Waals surface area contributed by atoms with Crippen molar-refractivity contribution < 1.29 is 9.13 Å². The molecule has 1 heterocycles. The van der Waals surface area contributed by atoms with Gasteiger partial charge in [-0.05, 0) is 36.2 Å². The van der Waals surface area contributed by atoms with Crippen LogP contribution in [0.3, 0.4) is 0 Å². The summed E-state index contributed by atoms with van der Waals surface area (Å²) in [7, 11) is 1.68. The molecule has 0 radical (unpaired) electrons. The summed E-state index contributed by atoms with van der Waals surface area (Å²) in [5.74, 6) is -0.151. The van der Waals surface area contributed by atoms with E-state index >= 15 is 0 Å². The van der Waals surface area contributed by atoms with Gasteiger partial charge >= 0.3 is 0 Å². The van der Waals surface area contributed by atoms with Crippen molar-refractivity contribution in [3.05, 3.63) is 35.1 Å². The maximum Gasteiger partial charge on any atom is 0.123 e. The quantitative estimate of drug-likeness (QED) is 0.775. The molecule has 1 aliphatic heterocycles. The van der Waals surface area contributed by atoms with Gasteiger partial charge in [-0.2, -0.15) is 0 Å². The standard InChI is InChI=1S/C11H14FNO/c1-14-7-11-10-3-2-9(12)6-8(10)4-5-13-11/h2-3,6,11,13H,4-5,7H2,1H3. The zero-order valence-electron chi connectivity index (χ0n) is 8.22. The Balaban J connectivity index is 2.30. The van der Waals surface area contributed by atoms with E-state index < -0.39 is 0 Å². The molecular weight excluding hydrogens is 181 g/mol. The molecule has 0 aliphatic carbocycles. The Bertz CT molecular complexity index is 327. The van der Waals surface area contributed by atoms with E-state index in [1.165, 1.54) is 11.6 Å². The van der Waals surface area contributed by atoms with Crippen LogP contribution < -0.4 is 5.32 Å². The van der Waals surface area contributed by atoms with Gasteiger partial charge in [0.15, 0.2) is 0 Å². The largest absolute Gasteiger partial charge is 0.383 e. The van der Waals surface area contributed by atoms with Crippen LogP contribution in [0.2, 0.25) is 0 Å². The molecule has 14 heavy (non-hydrogen) atoms. The first-order valence-electron chi connectivity index (χ1n) is 4.82. The number of benzene rings is 1. The molecule has 76 valence electrons. The Morgan fingerprint density at radius 2 is 2.43 bits per heavy atom. The first-order valence-corrected chi connectivity index (χ1v) is 4.82. The van der Waals surface area contributed by atoms with Crippen molar-refractivity contribution >= 4 is 0 Å². The Morgan fingerprint density at radius 3 is 3.21 bits per heavy atom. The van der Waals surface area contributed by atoms with Gasteiger partial charge in [0.05, 0.1) is 12.6 Å². The maximum absolute atomic E-state index is 13.0. The summed E-state index contributed by atoms with van der Waals surface area (Å²) in [4.78, 5) is 0. The van der Waals surface area contributed by atoms with E-state index in [0.29, 0.717) is 6.61 Å². The minimum Gasteiger partial charge on any atom is -0.383 e. The summed E-state index contributed by atoms with van der Waals surface area (Å²) in [5.41, 5.74) is 2.27. The summed E-state index contributed by atoms with van der Waals surface area (Å²) < 4.78 is 18.1. The van der Waals surface area contributed by atoms with Crippen molar-refractivity contribution in [3.8, 4) is 0 Å². The van der Waals surface area contributed by atoms with E-state index in [1.54, 1.807) is 13.2 Å². The summed E-state index contributed by atoms with van der Waals surface area (Å²) in [6.45, 7) is 1.53. The molecule has 0 aromatic heterocycles. The molecule has 2 rings (SSSR count). The van der Waals surface area contributed by atoms with Gasteiger partial charge in [-0.25, -0.2) is 4.39 Å². The predicted molar refractivity (Wildman–Crippen MR) is 52.7 cm³/mol. The lowest BCUT2D eigenvalue weighted by Crippen LogP contribution is -2.32. The number of ether oxygens (including phenoxy) is 1. The van der Waals surface area contributed by atoms with E-state index in [0.717, 1.165) is 18.5 Å². The van der Waals surface area contributed by atoms with Gasteiger partial charge in [-0.3, -0.25) is 0 Å². The zero-order chi connectivity index (χ0) is 9.97. The van der Waals surface area contributed by atoms with Crippen LogP contribution in [0, 0.1) is 5.82 Å². The Labute approximate surface area is 83.1 Å². The summed E-state index contributed by atoms with van der Waals surface area (Å²) in [6, 6.07) is 5.19. The minimum absolute atomic E-state index is 0.151. The molecule has 0 bridgehead atoms. The molecule has 1 aromatic rings. The normalized spacial score (nSPS) is 20.6. The monoisotopic (exact) mass is 195 g/mol. The van der Waals surface area contributed by atoms with Crippen LogP contribution in [-0.4, -0.2) is 20.3 Å². The van der Waals surface area contributed by atoms with Gasteiger partial charge in [-0.1, -0.05) is 6.07 Å². The number of fused-ring (bicyclic) bond motifs is 1. The summed E-state index contributed by atoms with van der Waals surface area (Å²) >= 11 is 0. The van der Waals surface area contributed by atoms with E-state index in [2.05, 4.69) is 5.32 Å². The van der Waals surface area contributed by atoms with Crippen LogP contribution in [0.5, 0.6) is 0 Å². The van der Waals surface area contributed by atoms with E-state index in [1.807, 2.05) is 6.07 Å². The lowest BCUT2D eigenvalue weighted by Gasteiger charge is -2.26. The van der Waals surface area contributed by atoms with Crippen molar-refractivity contribution in [2.24, 2.45) is 0 Å². The highest BCUT2D eigenvalue weighted by Crippen LogP contribution is 2.23. The summed E-state index contributed by atoms with van der Waals surface area (Å²) in [6.07, 6.45) is 0.896. The average molecular weight is 195 g/mol. The Kier molecular flexibility index (Phi) is 2.79. The molecule has 2 nitrogen and oxygen atoms in total. The van der Waals surface area contributed by atoms with E-state index in [9.17, 15) is 4.39 Å². The van der Waals surface area contributed by atoms with Crippen molar-refractivity contribution in [3.63, 3.8) is 0 Å². The highest BCUT2D eigenvalue weighted by Gasteiger charge is 2.19. The van der Waals surface area contributed by atoms with Crippen LogP contribution in [-0.2, 0) is 11.2 Å². The van der Waals surface area contributed by atoms with Crippen molar-refractivity contribution in [1.29, 1.82) is 0 Å². The Hall–Kier alpha value is -0.930. The lowest BCUT2D eigenvalue weighted by atomic mass is 9.95. The van der Waals surface area contributed by atoms with Crippen LogP contribution in [0.1, 0.15) is 17.2 Å². The number of methoxy groups -OCH3 is 1. The van der Waals surface area contributed by atoms with Crippen molar-refractivity contribution in [2.75, 3.05) is 20.3 Å². The molecule has 0 amide bonds. The predicted octanol–water partition coefficient (Wildman–Crippen LogP) is 1.66. The highest BCUT2D eigenvalue weighted by atomic mass is 19.1. The molecule has 1 atom stereocenters. The fraction of sp³-hybridized carbons (Fsp3) is 0.455. The van der Waals surface area contributed by atoms with Crippen molar-refractivity contribution in [1.82, 2.24) is 5.32 Å². The van der Waals surface area contributed by atoms with Gasteiger partial charge in [0.2, 0.25) is 0 Å². The highest BCUT2D eigenvalue weighted by molar-refractivity contribution is 5.33. The molecule has 3 heteroatoms. The lowest BCUT2D eigenvalue weighted by molar-refractivity contribution is 0.164. The second-order valence-electron chi connectivity index (χ2n) is 3.56. The molecule has 0 saturated heterocycles. The van der Waals surface area contributed by atoms with Gasteiger partial charge in [0.1, 0.15) is 5.82 Å². The molecule has 1 unspecified atom stereocenters. The van der Waals surface area contributed by atoms with Crippen LogP contribution in [0.15, 0.2) is 18.2 Å². The van der Waals surface area contributed by atoms with Gasteiger partial charge in [0.25, 0.3) is 0 Å². The first-order chi connectivity index (χ1) is 6.81. The third-order valence-electron chi connectivity index (χ3n) is 2.60. The molecule has 0 saturated carbocycles. The third-order valence-corrected chi connectivity index (χ3v) is 2.60. The van der Waals surface area contributed by atoms with E-state index in [4.69, 9.17) is 4.74 Å². The van der Waals surface area contributed by atoms with E-state index in [-0.39, 0.29) is 11.9 Å². The zero-order valence-corrected chi connectivity index (χ0v) is 8.22. The van der Waals surface area contributed by atoms with Gasteiger partial charge in [0, 0.05) is 7.11 Å². The molecule has 1 aliphatic rings. The van der Waals surface area contributed by atoms with Crippen LogP contribution in [0.4, 0.5) is 4.39 Å². The molecule has 1 aromatic carbocycles. The molecule has 0 fully saturated rings. The van der Waals surface area contributed by atoms with Crippen LogP contribution >= 0.6 is 0 Å². The second-order valence-corrected chi connectivity index (χ2v) is 3.56. The number of hydrogen-bond acceptors (Lipinski definition) is 2. The van der Waals surface area contributed by atoms with Gasteiger partial charge in [-0.15, -0.1) is 0 Å². The molecule has 0 spiro atoms. The number of halogens is 1. The number of rotatable bonds is 2. The molecule has 1 N–H and O–H groups in total. The first kappa shape index (κ1) is 9.62. The Morgan fingerprint density at radius 1 is 1.57 bits per heavy atom. The summed E-state index contributed by atoms with van der Waals surface area (Å²) in [5, 5.41) is 3.35. The van der Waals surface area contributed by atoms with Crippen molar-refractivity contribution in [2.45, 2.75) is 12.5 Å². The average Bonchev–Trinajstić information content (AvgIpc) is 2.18. The third kappa shape index (κ3) is 1.79. The SMILES string of the molecule is COCC1NCCc2cc(F)ccc21. The fourth-order valence-corrected chi connectivity index (χ4v) is 1.94. The number of hydrogen-bond donors (Lipinski definition) is 1. The number of nitrogens with one attached hydrogen (secondary N) is 1. The minimum atomic E-state index is -0.151. The maximum atomic E-state index is 13.0. The van der Waals surface area contributed by atoms with Gasteiger partial charge < -0.3 is 10.1 Å². The second kappa shape index (κ2) is 4.07. The molecular formula is C11H14FNO. The topological polar surface area (TPSA) is 21.3 Å². The smallest absolute Gasteiger partial charge is 0.123 e. The fourth-order valence-electron chi connectivity index (χ4n) is 1.94.